The summed E-state index contributed by atoms with van der Waals surface area (Å²) in [6.07, 6.45) is 0. The van der Waals surface area contributed by atoms with Gasteiger partial charge in [0.15, 0.2) is 11.6 Å². The van der Waals surface area contributed by atoms with E-state index in [2.05, 4.69) is 0 Å². The molecule has 0 aliphatic heterocycles. The topological polar surface area (TPSA) is 112 Å². The lowest BCUT2D eigenvalue weighted by Gasteiger charge is -2.21. The summed E-state index contributed by atoms with van der Waals surface area (Å²) in [6.45, 7) is -0.960. The number of hydrogen-bond donors (Lipinski definition) is 3. The second-order valence-corrected chi connectivity index (χ2v) is 5.17. The fourth-order valence-electron chi connectivity index (χ4n) is 2.82. The number of carbonyl (C=O) groups is 3. The molecule has 0 saturated heterocycles. The zero-order chi connectivity index (χ0) is 16.7. The minimum atomic E-state index is -1.29. The fourth-order valence-corrected chi connectivity index (χ4v) is 2.82. The molecule has 0 saturated carbocycles. The van der Waals surface area contributed by atoms with Crippen LogP contribution in [-0.4, -0.2) is 32.9 Å². The molecule has 6 nitrogen and oxygen atoms in total. The van der Waals surface area contributed by atoms with E-state index in [9.17, 15) is 29.7 Å². The largest absolute Gasteiger partial charge is 0.478 e. The Morgan fingerprint density at radius 2 is 1.52 bits per heavy atom. The van der Waals surface area contributed by atoms with Gasteiger partial charge in [-0.2, -0.15) is 0 Å². The van der Waals surface area contributed by atoms with Crippen molar-refractivity contribution in [2.75, 3.05) is 0 Å². The van der Waals surface area contributed by atoms with Gasteiger partial charge < -0.3 is 15.3 Å². The van der Waals surface area contributed by atoms with E-state index in [-0.39, 0.29) is 33.4 Å². The van der Waals surface area contributed by atoms with Crippen LogP contribution in [0.2, 0.25) is 0 Å². The summed E-state index contributed by atoms with van der Waals surface area (Å²) in [5, 5.41) is 27.9. The number of aliphatic hydroxyl groups is 2. The number of aromatic carboxylic acids is 1. The van der Waals surface area contributed by atoms with Gasteiger partial charge in [-0.1, -0.05) is 18.2 Å². The SMILES string of the molecule is O=C(O)c1cc2c(cc1CO)C(=O)c1cccc(CO)c1C2=O. The van der Waals surface area contributed by atoms with E-state index in [1.54, 1.807) is 6.07 Å². The first-order valence-corrected chi connectivity index (χ1v) is 6.82. The van der Waals surface area contributed by atoms with Crippen LogP contribution in [0.25, 0.3) is 0 Å². The van der Waals surface area contributed by atoms with Crippen molar-refractivity contribution in [1.82, 2.24) is 0 Å². The zero-order valence-electron chi connectivity index (χ0n) is 11.9. The maximum Gasteiger partial charge on any atom is 0.336 e. The van der Waals surface area contributed by atoms with Gasteiger partial charge in [-0.25, -0.2) is 4.79 Å². The molecule has 0 unspecified atom stereocenters. The molecule has 0 radical (unpaired) electrons. The zero-order valence-corrected chi connectivity index (χ0v) is 11.9. The van der Waals surface area contributed by atoms with Crippen LogP contribution in [0.5, 0.6) is 0 Å². The van der Waals surface area contributed by atoms with Crippen LogP contribution in [-0.2, 0) is 13.2 Å². The number of aliphatic hydroxyl groups excluding tert-OH is 2. The van der Waals surface area contributed by atoms with Gasteiger partial charge >= 0.3 is 5.97 Å². The summed E-state index contributed by atoms with van der Waals surface area (Å²) in [6, 6.07) is 6.95. The van der Waals surface area contributed by atoms with Crippen LogP contribution in [0.15, 0.2) is 30.3 Å². The predicted molar refractivity (Wildman–Crippen MR) is 78.6 cm³/mol. The number of ketones is 2. The second kappa shape index (κ2) is 5.42. The van der Waals surface area contributed by atoms with Crippen LogP contribution in [0.1, 0.15) is 53.3 Å². The summed E-state index contributed by atoms with van der Waals surface area (Å²) >= 11 is 0. The Hall–Kier alpha value is -2.83. The first-order chi connectivity index (χ1) is 11.0. The Morgan fingerprint density at radius 1 is 0.870 bits per heavy atom. The van der Waals surface area contributed by atoms with Crippen molar-refractivity contribution in [2.45, 2.75) is 13.2 Å². The van der Waals surface area contributed by atoms with Crippen LogP contribution < -0.4 is 0 Å². The molecule has 0 aromatic heterocycles. The lowest BCUT2D eigenvalue weighted by atomic mass is 9.80. The number of carbonyl (C=O) groups excluding carboxylic acids is 2. The molecule has 0 bridgehead atoms. The highest BCUT2D eigenvalue weighted by atomic mass is 16.4. The van der Waals surface area contributed by atoms with E-state index in [0.29, 0.717) is 5.56 Å². The highest BCUT2D eigenvalue weighted by molar-refractivity contribution is 6.29. The van der Waals surface area contributed by atoms with Crippen molar-refractivity contribution in [2.24, 2.45) is 0 Å². The number of carboxylic acid groups (broad SMARTS) is 1. The van der Waals surface area contributed by atoms with Gasteiger partial charge in [0, 0.05) is 22.3 Å². The summed E-state index contributed by atoms with van der Waals surface area (Å²) in [4.78, 5) is 36.6. The summed E-state index contributed by atoms with van der Waals surface area (Å²) in [7, 11) is 0. The molecule has 0 fully saturated rings. The van der Waals surface area contributed by atoms with E-state index < -0.39 is 30.7 Å². The van der Waals surface area contributed by atoms with E-state index in [1.165, 1.54) is 18.2 Å². The smallest absolute Gasteiger partial charge is 0.336 e. The highest BCUT2D eigenvalue weighted by Crippen LogP contribution is 2.31. The van der Waals surface area contributed by atoms with Gasteiger partial charge in [-0.3, -0.25) is 9.59 Å². The van der Waals surface area contributed by atoms with Crippen molar-refractivity contribution in [1.29, 1.82) is 0 Å². The highest BCUT2D eigenvalue weighted by Gasteiger charge is 2.33. The Balaban J connectivity index is 2.31. The minimum Gasteiger partial charge on any atom is -0.478 e. The van der Waals surface area contributed by atoms with Crippen LogP contribution in [0.3, 0.4) is 0 Å². The first-order valence-electron chi connectivity index (χ1n) is 6.82. The van der Waals surface area contributed by atoms with Gasteiger partial charge in [0.2, 0.25) is 0 Å². The molecule has 3 rings (SSSR count). The first kappa shape index (κ1) is 15.1. The van der Waals surface area contributed by atoms with Gasteiger partial charge in [-0.05, 0) is 23.3 Å². The fraction of sp³-hybridized carbons (Fsp3) is 0.118. The number of fused-ring (bicyclic) bond motifs is 2. The third-order valence-corrected chi connectivity index (χ3v) is 3.93. The molecule has 6 heteroatoms. The summed E-state index contributed by atoms with van der Waals surface area (Å²) in [5.74, 6) is -2.24. The molecule has 0 amide bonds. The normalized spacial score (nSPS) is 12.8. The van der Waals surface area contributed by atoms with Gasteiger partial charge in [0.1, 0.15) is 0 Å². The van der Waals surface area contributed by atoms with Crippen LogP contribution >= 0.6 is 0 Å². The molecule has 1 aliphatic carbocycles. The van der Waals surface area contributed by atoms with Crippen molar-refractivity contribution in [3.63, 3.8) is 0 Å². The van der Waals surface area contributed by atoms with Gasteiger partial charge in [0.25, 0.3) is 0 Å². The van der Waals surface area contributed by atoms with E-state index in [4.69, 9.17) is 0 Å². The maximum absolute atomic E-state index is 12.7. The monoisotopic (exact) mass is 312 g/mol. The Kier molecular flexibility index (Phi) is 3.55. The van der Waals surface area contributed by atoms with Crippen LogP contribution in [0, 0.1) is 0 Å². The minimum absolute atomic E-state index is 0.0296. The van der Waals surface area contributed by atoms with E-state index in [0.717, 1.165) is 6.07 Å². The molecule has 0 spiro atoms. The van der Waals surface area contributed by atoms with Gasteiger partial charge in [0.05, 0.1) is 18.8 Å². The lowest BCUT2D eigenvalue weighted by Crippen LogP contribution is -2.24. The molecule has 0 atom stereocenters. The molecule has 2 aromatic carbocycles. The molecule has 3 N–H and O–H groups in total. The molecule has 116 valence electrons. The van der Waals surface area contributed by atoms with Crippen LogP contribution in [0.4, 0.5) is 0 Å². The third kappa shape index (κ3) is 2.16. The molecular weight excluding hydrogens is 300 g/mol. The van der Waals surface area contributed by atoms with Gasteiger partial charge in [-0.15, -0.1) is 0 Å². The number of hydrogen-bond acceptors (Lipinski definition) is 5. The van der Waals surface area contributed by atoms with Crippen molar-refractivity contribution < 1.29 is 29.7 Å². The Bertz CT molecular complexity index is 866. The lowest BCUT2D eigenvalue weighted by molar-refractivity contribution is 0.0692. The quantitative estimate of drug-likeness (QED) is 0.669. The maximum atomic E-state index is 12.7. The average Bonchev–Trinajstić information content (AvgIpc) is 2.57. The Labute approximate surface area is 130 Å². The van der Waals surface area contributed by atoms with Crippen molar-refractivity contribution in [3.05, 3.63) is 69.3 Å². The summed E-state index contributed by atoms with van der Waals surface area (Å²) < 4.78 is 0. The van der Waals surface area contributed by atoms with E-state index >= 15 is 0 Å². The standard InChI is InChI=1S/C17H12O6/c18-6-8-2-1-3-10-14(8)16(21)13-5-11(17(22)23)9(7-19)4-12(13)15(10)20/h1-5,18-19H,6-7H2,(H,22,23). The van der Waals surface area contributed by atoms with Crippen molar-refractivity contribution in [3.8, 4) is 0 Å². The van der Waals surface area contributed by atoms with E-state index in [1.807, 2.05) is 0 Å². The average molecular weight is 312 g/mol. The summed E-state index contributed by atoms with van der Waals surface area (Å²) in [5.41, 5.74) is 0.456. The van der Waals surface area contributed by atoms with Crippen molar-refractivity contribution >= 4 is 17.5 Å². The number of benzene rings is 2. The molecule has 23 heavy (non-hydrogen) atoms. The predicted octanol–water partition coefficient (Wildman–Crippen LogP) is 1.14. The third-order valence-electron chi connectivity index (χ3n) is 3.93. The second-order valence-electron chi connectivity index (χ2n) is 5.17. The molecule has 1 aliphatic rings. The Morgan fingerprint density at radius 3 is 2.13 bits per heavy atom. The number of carboxylic acids is 1. The molecule has 0 heterocycles. The molecular formula is C17H12O6. The molecule has 2 aromatic rings. The number of rotatable bonds is 3.